The lowest BCUT2D eigenvalue weighted by Gasteiger charge is -2.27. The second kappa shape index (κ2) is 5.78. The Morgan fingerprint density at radius 1 is 1.15 bits per heavy atom. The molecule has 1 fully saturated rings. The van der Waals surface area contributed by atoms with Gasteiger partial charge in [0.05, 0.1) is 0 Å². The summed E-state index contributed by atoms with van der Waals surface area (Å²) in [5.74, 6) is 0. The molecule has 1 N–H and O–H groups in total. The highest BCUT2D eigenvalue weighted by molar-refractivity contribution is 7.64. The Balaban J connectivity index is 2.04. The van der Waals surface area contributed by atoms with Crippen molar-refractivity contribution in [2.24, 2.45) is 0 Å². The molecule has 78 valence electrons. The fourth-order valence-electron chi connectivity index (χ4n) is 1.44. The van der Waals surface area contributed by atoms with Crippen LogP contribution in [-0.4, -0.2) is 43.6 Å². The monoisotopic (exact) mass is 260 g/mol. The van der Waals surface area contributed by atoms with E-state index < -0.39 is 6.00 Å². The van der Waals surface area contributed by atoms with Gasteiger partial charge in [0.25, 0.3) is 0 Å². The van der Waals surface area contributed by atoms with Gasteiger partial charge in [-0.05, 0) is 19.0 Å². The quantitative estimate of drug-likeness (QED) is 0.615. The molecule has 0 atom stereocenters. The van der Waals surface area contributed by atoms with Crippen LogP contribution in [0.5, 0.6) is 0 Å². The Morgan fingerprint density at radius 3 is 2.31 bits per heavy atom. The van der Waals surface area contributed by atoms with Crippen LogP contribution in [0.4, 0.5) is 0 Å². The smallest absolute Gasteiger partial charge is 0.314 e. The van der Waals surface area contributed by atoms with Crippen LogP contribution >= 0.6 is 33.2 Å². The van der Waals surface area contributed by atoms with Gasteiger partial charge in [-0.3, -0.25) is 0 Å². The average molecular weight is 262 g/mol. The van der Waals surface area contributed by atoms with Crippen LogP contribution in [0.3, 0.4) is 0 Å². The van der Waals surface area contributed by atoms with Crippen molar-refractivity contribution in [3.63, 3.8) is 0 Å². The largest absolute Gasteiger partial charge is 0.341 e. The summed E-state index contributed by atoms with van der Waals surface area (Å²) in [5, 5.41) is 3.31. The van der Waals surface area contributed by atoms with Crippen molar-refractivity contribution < 1.29 is 0 Å². The summed E-state index contributed by atoms with van der Waals surface area (Å²) in [6, 6.07) is -1.59. The predicted molar refractivity (Wildman–Crippen MR) is 62.0 cm³/mol. The zero-order valence-electron chi connectivity index (χ0n) is 7.53. The first-order chi connectivity index (χ1) is 6.08. The number of hydrogen-bond acceptors (Lipinski definition) is 2. The SMILES string of the molecule is Cl[Si](Cl)(Cl)CCCN1CCNCC1. The first-order valence-corrected chi connectivity index (χ1v) is 9.82. The Kier molecular flexibility index (Phi) is 5.37. The molecule has 1 aliphatic rings. The zero-order chi connectivity index (χ0) is 9.73. The molecule has 0 aromatic rings. The molecule has 1 saturated heterocycles. The van der Waals surface area contributed by atoms with Gasteiger partial charge >= 0.3 is 6.00 Å². The lowest BCUT2D eigenvalue weighted by molar-refractivity contribution is 0.241. The normalized spacial score (nSPS) is 20.5. The molecule has 2 nitrogen and oxygen atoms in total. The number of nitrogens with one attached hydrogen (secondary N) is 1. The van der Waals surface area contributed by atoms with Crippen molar-refractivity contribution >= 4 is 39.2 Å². The number of hydrogen-bond donors (Lipinski definition) is 1. The van der Waals surface area contributed by atoms with Crippen molar-refractivity contribution in [1.29, 1.82) is 0 Å². The van der Waals surface area contributed by atoms with Gasteiger partial charge in [0.15, 0.2) is 0 Å². The Hall–Kier alpha value is 1.01. The van der Waals surface area contributed by atoms with Gasteiger partial charge in [0.2, 0.25) is 0 Å². The van der Waals surface area contributed by atoms with Gasteiger partial charge in [-0.2, -0.15) is 0 Å². The topological polar surface area (TPSA) is 15.3 Å². The van der Waals surface area contributed by atoms with Crippen molar-refractivity contribution in [3.8, 4) is 0 Å². The maximum atomic E-state index is 5.79. The zero-order valence-corrected chi connectivity index (χ0v) is 10.8. The highest BCUT2D eigenvalue weighted by atomic mass is 35.8. The third-order valence-corrected chi connectivity index (χ3v) is 4.77. The van der Waals surface area contributed by atoms with E-state index in [4.69, 9.17) is 33.2 Å². The lowest BCUT2D eigenvalue weighted by atomic mass is 10.3. The number of piperazine rings is 1. The van der Waals surface area contributed by atoms with Gasteiger partial charge in [-0.1, -0.05) is 0 Å². The van der Waals surface area contributed by atoms with Gasteiger partial charge < -0.3 is 10.2 Å². The molecular weight excluding hydrogens is 247 g/mol. The molecule has 0 unspecified atom stereocenters. The standard InChI is InChI=1S/C7H15Cl3N2Si/c8-13(9,10)7-1-4-12-5-2-11-3-6-12/h11H,1-7H2. The summed E-state index contributed by atoms with van der Waals surface area (Å²) in [6.07, 6.45) is 1.02. The summed E-state index contributed by atoms with van der Waals surface area (Å²) in [5.41, 5.74) is 0. The molecule has 1 aliphatic heterocycles. The minimum Gasteiger partial charge on any atom is -0.314 e. The fourth-order valence-corrected chi connectivity index (χ4v) is 3.20. The van der Waals surface area contributed by atoms with E-state index in [0.717, 1.165) is 45.2 Å². The van der Waals surface area contributed by atoms with Crippen LogP contribution in [0.2, 0.25) is 6.04 Å². The number of nitrogens with zero attached hydrogens (tertiary/aromatic N) is 1. The lowest BCUT2D eigenvalue weighted by Crippen LogP contribution is -2.43. The van der Waals surface area contributed by atoms with E-state index in [1.54, 1.807) is 0 Å². The first kappa shape index (κ1) is 12.1. The molecule has 0 aliphatic carbocycles. The van der Waals surface area contributed by atoms with Crippen LogP contribution in [0.15, 0.2) is 0 Å². The molecule has 0 spiro atoms. The van der Waals surface area contributed by atoms with Gasteiger partial charge in [0, 0.05) is 26.2 Å². The van der Waals surface area contributed by atoms with Crippen LogP contribution in [0.1, 0.15) is 6.42 Å². The van der Waals surface area contributed by atoms with E-state index in [9.17, 15) is 0 Å². The summed E-state index contributed by atoms with van der Waals surface area (Å²) >= 11 is 17.4. The summed E-state index contributed by atoms with van der Waals surface area (Å²) < 4.78 is 0. The molecular formula is C7H15Cl3N2Si. The molecule has 0 bridgehead atoms. The van der Waals surface area contributed by atoms with E-state index in [0.29, 0.717) is 0 Å². The second-order valence-electron chi connectivity index (χ2n) is 3.31. The van der Waals surface area contributed by atoms with Crippen LogP contribution < -0.4 is 5.32 Å². The van der Waals surface area contributed by atoms with Crippen molar-refractivity contribution in [3.05, 3.63) is 0 Å². The molecule has 0 saturated carbocycles. The molecule has 0 radical (unpaired) electrons. The highest BCUT2D eigenvalue weighted by Crippen LogP contribution is 2.26. The third-order valence-electron chi connectivity index (χ3n) is 2.14. The van der Waals surface area contributed by atoms with E-state index in [1.165, 1.54) is 0 Å². The predicted octanol–water partition coefficient (Wildman–Crippen LogP) is 1.94. The summed E-state index contributed by atoms with van der Waals surface area (Å²) in [4.78, 5) is 2.42. The molecule has 0 aromatic heterocycles. The van der Waals surface area contributed by atoms with Gasteiger partial charge in [0.1, 0.15) is 0 Å². The van der Waals surface area contributed by atoms with Gasteiger partial charge in [-0.25, -0.2) is 0 Å². The minimum absolute atomic E-state index is 0.779. The van der Waals surface area contributed by atoms with Crippen molar-refractivity contribution in [1.82, 2.24) is 10.2 Å². The number of halogens is 3. The Labute approximate surface area is 94.6 Å². The van der Waals surface area contributed by atoms with E-state index in [2.05, 4.69) is 10.2 Å². The maximum Gasteiger partial charge on any atom is 0.341 e. The molecule has 0 aromatic carbocycles. The molecule has 13 heavy (non-hydrogen) atoms. The second-order valence-corrected chi connectivity index (χ2v) is 12.6. The third kappa shape index (κ3) is 6.15. The van der Waals surface area contributed by atoms with Crippen LogP contribution in [-0.2, 0) is 0 Å². The summed E-state index contributed by atoms with van der Waals surface area (Å²) in [7, 11) is 0. The molecule has 0 amide bonds. The van der Waals surface area contributed by atoms with Crippen LogP contribution in [0.25, 0.3) is 0 Å². The average Bonchev–Trinajstić information content (AvgIpc) is 2.04. The molecule has 6 heteroatoms. The molecule has 1 rings (SSSR count). The van der Waals surface area contributed by atoms with Gasteiger partial charge in [-0.15, -0.1) is 33.2 Å². The first-order valence-electron chi connectivity index (χ1n) is 4.58. The van der Waals surface area contributed by atoms with Crippen molar-refractivity contribution in [2.75, 3.05) is 32.7 Å². The minimum atomic E-state index is -2.37. The fraction of sp³-hybridized carbons (Fsp3) is 1.00. The van der Waals surface area contributed by atoms with E-state index in [1.807, 2.05) is 0 Å². The molecule has 1 heterocycles. The van der Waals surface area contributed by atoms with Crippen molar-refractivity contribution in [2.45, 2.75) is 12.5 Å². The Morgan fingerprint density at radius 2 is 1.77 bits per heavy atom. The van der Waals surface area contributed by atoms with E-state index in [-0.39, 0.29) is 0 Å². The maximum absolute atomic E-state index is 5.79. The Bertz CT molecular complexity index is 145. The number of rotatable bonds is 4. The summed E-state index contributed by atoms with van der Waals surface area (Å²) in [6.45, 7) is 5.50. The van der Waals surface area contributed by atoms with E-state index >= 15 is 0 Å². The van der Waals surface area contributed by atoms with Crippen LogP contribution in [0, 0.1) is 0 Å². The highest BCUT2D eigenvalue weighted by Gasteiger charge is 2.24.